The number of nitrogens with zero attached hydrogens (tertiary/aromatic N) is 6. The van der Waals surface area contributed by atoms with E-state index in [1.54, 1.807) is 0 Å². The quantitative estimate of drug-likeness (QED) is 0.858. The molecule has 1 N–H and O–H groups in total. The van der Waals surface area contributed by atoms with Gasteiger partial charge in [0.2, 0.25) is 0 Å². The van der Waals surface area contributed by atoms with Gasteiger partial charge in [-0.2, -0.15) is 5.10 Å². The van der Waals surface area contributed by atoms with Gasteiger partial charge in [0.1, 0.15) is 17.3 Å². The van der Waals surface area contributed by atoms with Crippen molar-refractivity contribution in [3.05, 3.63) is 29.6 Å². The number of amides is 1. The van der Waals surface area contributed by atoms with Crippen molar-refractivity contribution < 1.29 is 4.79 Å². The fourth-order valence-electron chi connectivity index (χ4n) is 5.06. The minimum absolute atomic E-state index is 0.0489. The SMILES string of the molecule is O=C(c1ccn(C2CCCNC2)n1)N1CCCC(c2nnc3n2CCCCC3)C1. The number of hydrogen-bond acceptors (Lipinski definition) is 5. The van der Waals surface area contributed by atoms with Crippen LogP contribution >= 0.6 is 0 Å². The lowest BCUT2D eigenvalue weighted by Crippen LogP contribution is -2.40. The third-order valence-corrected chi connectivity index (χ3v) is 6.68. The van der Waals surface area contributed by atoms with Gasteiger partial charge in [-0.3, -0.25) is 9.48 Å². The van der Waals surface area contributed by atoms with Crippen molar-refractivity contribution in [3.8, 4) is 0 Å². The van der Waals surface area contributed by atoms with E-state index in [1.807, 2.05) is 21.8 Å². The zero-order valence-electron chi connectivity index (χ0n) is 17.1. The minimum atomic E-state index is 0.0489. The Labute approximate surface area is 171 Å². The van der Waals surface area contributed by atoms with E-state index in [0.29, 0.717) is 11.7 Å². The Balaban J connectivity index is 1.29. The molecule has 5 rings (SSSR count). The third-order valence-electron chi connectivity index (χ3n) is 6.68. The van der Waals surface area contributed by atoms with Crippen molar-refractivity contribution in [2.75, 3.05) is 26.2 Å². The van der Waals surface area contributed by atoms with Crippen molar-refractivity contribution in [1.82, 2.24) is 34.8 Å². The summed E-state index contributed by atoms with van der Waals surface area (Å²) in [4.78, 5) is 15.1. The minimum Gasteiger partial charge on any atom is -0.337 e. The first-order valence-corrected chi connectivity index (χ1v) is 11.3. The lowest BCUT2D eigenvalue weighted by Gasteiger charge is -2.32. The fraction of sp³-hybridized carbons (Fsp3) is 0.714. The highest BCUT2D eigenvalue weighted by molar-refractivity contribution is 5.92. The number of aryl methyl sites for hydroxylation is 1. The normalized spacial score (nSPS) is 25.4. The van der Waals surface area contributed by atoms with Crippen LogP contribution in [0.5, 0.6) is 0 Å². The monoisotopic (exact) mass is 397 g/mol. The summed E-state index contributed by atoms with van der Waals surface area (Å²) >= 11 is 0. The summed E-state index contributed by atoms with van der Waals surface area (Å²) in [5.74, 6) is 2.53. The number of piperidine rings is 2. The molecule has 0 aromatic carbocycles. The van der Waals surface area contributed by atoms with E-state index >= 15 is 0 Å². The van der Waals surface area contributed by atoms with Gasteiger partial charge in [-0.1, -0.05) is 6.42 Å². The van der Waals surface area contributed by atoms with Crippen molar-refractivity contribution in [3.63, 3.8) is 0 Å². The van der Waals surface area contributed by atoms with Gasteiger partial charge in [0, 0.05) is 44.7 Å². The zero-order valence-corrected chi connectivity index (χ0v) is 17.1. The Morgan fingerprint density at radius 1 is 1.07 bits per heavy atom. The van der Waals surface area contributed by atoms with E-state index in [9.17, 15) is 4.79 Å². The number of likely N-dealkylation sites (tertiary alicyclic amines) is 1. The van der Waals surface area contributed by atoms with Crippen LogP contribution in [0.4, 0.5) is 0 Å². The molecule has 29 heavy (non-hydrogen) atoms. The number of hydrogen-bond donors (Lipinski definition) is 1. The van der Waals surface area contributed by atoms with Gasteiger partial charge < -0.3 is 14.8 Å². The molecule has 0 saturated carbocycles. The zero-order chi connectivity index (χ0) is 19.6. The Bertz CT molecular complexity index is 851. The highest BCUT2D eigenvalue weighted by Gasteiger charge is 2.31. The molecular weight excluding hydrogens is 366 g/mol. The van der Waals surface area contributed by atoms with Crippen LogP contribution < -0.4 is 5.32 Å². The fourth-order valence-corrected chi connectivity index (χ4v) is 5.06. The van der Waals surface area contributed by atoms with Crippen molar-refractivity contribution >= 4 is 5.91 Å². The van der Waals surface area contributed by atoms with E-state index in [0.717, 1.165) is 76.5 Å². The molecule has 8 nitrogen and oxygen atoms in total. The molecule has 3 aliphatic rings. The number of nitrogens with one attached hydrogen (secondary N) is 1. The van der Waals surface area contributed by atoms with Gasteiger partial charge in [0.05, 0.1) is 6.04 Å². The Morgan fingerprint density at radius 3 is 2.93 bits per heavy atom. The summed E-state index contributed by atoms with van der Waals surface area (Å²) in [6, 6.07) is 2.23. The molecule has 2 aromatic heterocycles. The molecule has 0 aliphatic carbocycles. The average Bonchev–Trinajstić information content (AvgIpc) is 3.36. The number of carbonyl (C=O) groups is 1. The maximum Gasteiger partial charge on any atom is 0.274 e. The molecule has 156 valence electrons. The van der Waals surface area contributed by atoms with E-state index < -0.39 is 0 Å². The lowest BCUT2D eigenvalue weighted by atomic mass is 9.96. The van der Waals surface area contributed by atoms with E-state index in [-0.39, 0.29) is 11.8 Å². The van der Waals surface area contributed by atoms with Crippen molar-refractivity contribution in [2.24, 2.45) is 0 Å². The molecule has 2 unspecified atom stereocenters. The van der Waals surface area contributed by atoms with E-state index in [4.69, 9.17) is 0 Å². The predicted octanol–water partition coefficient (Wildman–Crippen LogP) is 2.15. The second kappa shape index (κ2) is 8.26. The van der Waals surface area contributed by atoms with Crippen molar-refractivity contribution in [1.29, 1.82) is 0 Å². The molecule has 2 atom stereocenters. The first kappa shape index (κ1) is 18.8. The smallest absolute Gasteiger partial charge is 0.274 e. The van der Waals surface area contributed by atoms with Crippen LogP contribution in [0.1, 0.15) is 79.0 Å². The van der Waals surface area contributed by atoms with Gasteiger partial charge in [0.25, 0.3) is 5.91 Å². The molecule has 0 spiro atoms. The van der Waals surface area contributed by atoms with Gasteiger partial charge in [-0.15, -0.1) is 10.2 Å². The summed E-state index contributed by atoms with van der Waals surface area (Å²) in [6.45, 7) is 4.54. The van der Waals surface area contributed by atoms with Crippen LogP contribution in [0.25, 0.3) is 0 Å². The van der Waals surface area contributed by atoms with Gasteiger partial charge in [-0.05, 0) is 51.1 Å². The van der Waals surface area contributed by atoms with Gasteiger partial charge in [0.15, 0.2) is 0 Å². The van der Waals surface area contributed by atoms with Crippen LogP contribution in [0.2, 0.25) is 0 Å². The predicted molar refractivity (Wildman–Crippen MR) is 109 cm³/mol. The summed E-state index contributed by atoms with van der Waals surface area (Å²) in [6.07, 6.45) is 11.0. The molecule has 3 aliphatic heterocycles. The number of aromatic nitrogens is 5. The van der Waals surface area contributed by atoms with Crippen molar-refractivity contribution in [2.45, 2.75) is 69.9 Å². The maximum absolute atomic E-state index is 13.1. The molecule has 1 amide bonds. The second-order valence-electron chi connectivity index (χ2n) is 8.71. The average molecular weight is 398 g/mol. The first-order chi connectivity index (χ1) is 14.3. The molecule has 5 heterocycles. The standard InChI is InChI=1S/C21H31N7O/c29-21(18-9-13-28(25-18)17-7-4-10-22-14-17)26-11-5-6-16(15-26)20-24-23-19-8-2-1-3-12-27(19)20/h9,13,16-17,22H,1-8,10-12,14-15H2. The summed E-state index contributed by atoms with van der Waals surface area (Å²) in [5, 5.41) is 17.1. The molecule has 0 bridgehead atoms. The Hall–Kier alpha value is -2.22. The summed E-state index contributed by atoms with van der Waals surface area (Å²) in [7, 11) is 0. The van der Waals surface area contributed by atoms with E-state index in [1.165, 1.54) is 19.3 Å². The van der Waals surface area contributed by atoms with Gasteiger partial charge >= 0.3 is 0 Å². The Kier molecular flexibility index (Phi) is 5.35. The Morgan fingerprint density at radius 2 is 2.03 bits per heavy atom. The van der Waals surface area contributed by atoms with E-state index in [2.05, 4.69) is 25.2 Å². The van der Waals surface area contributed by atoms with Crippen LogP contribution in [0.3, 0.4) is 0 Å². The number of rotatable bonds is 3. The number of carbonyl (C=O) groups excluding carboxylic acids is 1. The molecule has 8 heteroatoms. The van der Waals surface area contributed by atoms with Crippen LogP contribution in [-0.4, -0.2) is 61.5 Å². The molecule has 2 aromatic rings. The largest absolute Gasteiger partial charge is 0.337 e. The second-order valence-corrected chi connectivity index (χ2v) is 8.71. The maximum atomic E-state index is 13.1. The van der Waals surface area contributed by atoms with Crippen LogP contribution in [0.15, 0.2) is 12.3 Å². The number of fused-ring (bicyclic) bond motifs is 1. The molecule has 2 saturated heterocycles. The topological polar surface area (TPSA) is 80.9 Å². The highest BCUT2D eigenvalue weighted by atomic mass is 16.2. The summed E-state index contributed by atoms with van der Waals surface area (Å²) < 4.78 is 4.30. The molecule has 2 fully saturated rings. The first-order valence-electron chi connectivity index (χ1n) is 11.3. The third kappa shape index (κ3) is 3.82. The summed E-state index contributed by atoms with van der Waals surface area (Å²) in [5.41, 5.74) is 0.566. The molecule has 0 radical (unpaired) electrons. The lowest BCUT2D eigenvalue weighted by molar-refractivity contribution is 0.0695. The molecular formula is C21H31N7O. The van der Waals surface area contributed by atoms with Crippen LogP contribution in [0, 0.1) is 0 Å². The highest BCUT2D eigenvalue weighted by Crippen LogP contribution is 2.28. The van der Waals surface area contributed by atoms with Crippen LogP contribution in [-0.2, 0) is 13.0 Å². The van der Waals surface area contributed by atoms with Gasteiger partial charge in [-0.25, -0.2) is 0 Å².